The van der Waals surface area contributed by atoms with Crippen LogP contribution in [0.25, 0.3) is 0 Å². The van der Waals surface area contributed by atoms with E-state index in [4.69, 9.17) is 16.3 Å². The standard InChI is InChI=1S/C20H23ClN2O4S/c1-14-3-6-17(7-4-14)27-19-8-5-16(21)13-18(19)22-20(24)15-9-11-23(12-10-15)28(2,25)26/h3-8,13,15H,9-12H2,1-2H3,(H,22,24). The van der Waals surface area contributed by atoms with Gasteiger partial charge in [-0.2, -0.15) is 0 Å². The molecular weight excluding hydrogens is 400 g/mol. The first kappa shape index (κ1) is 20.6. The van der Waals surface area contributed by atoms with Crippen LogP contribution >= 0.6 is 11.6 Å². The fourth-order valence-corrected chi connectivity index (χ4v) is 4.15. The predicted molar refractivity (Wildman–Crippen MR) is 110 cm³/mol. The minimum absolute atomic E-state index is 0.163. The van der Waals surface area contributed by atoms with E-state index in [9.17, 15) is 13.2 Å². The van der Waals surface area contributed by atoms with E-state index in [0.717, 1.165) is 5.56 Å². The Kier molecular flexibility index (Phi) is 6.27. The molecule has 3 rings (SSSR count). The number of halogens is 1. The molecule has 2 aromatic rings. The van der Waals surface area contributed by atoms with E-state index in [2.05, 4.69) is 5.32 Å². The second-order valence-electron chi connectivity index (χ2n) is 6.98. The zero-order valence-electron chi connectivity index (χ0n) is 15.8. The van der Waals surface area contributed by atoms with Gasteiger partial charge in [-0.1, -0.05) is 29.3 Å². The van der Waals surface area contributed by atoms with Crippen molar-refractivity contribution in [2.75, 3.05) is 24.7 Å². The minimum Gasteiger partial charge on any atom is -0.455 e. The third-order valence-corrected chi connectivity index (χ3v) is 6.28. The predicted octanol–water partition coefficient (Wildman–Crippen LogP) is 4.05. The third-order valence-electron chi connectivity index (χ3n) is 4.74. The zero-order chi connectivity index (χ0) is 20.3. The van der Waals surface area contributed by atoms with Gasteiger partial charge in [-0.3, -0.25) is 4.79 Å². The molecule has 150 valence electrons. The molecule has 0 atom stereocenters. The molecule has 1 aliphatic heterocycles. The molecule has 0 unspecified atom stereocenters. The first-order valence-corrected chi connectivity index (χ1v) is 11.2. The molecule has 1 saturated heterocycles. The summed E-state index contributed by atoms with van der Waals surface area (Å²) in [5.41, 5.74) is 1.61. The van der Waals surface area contributed by atoms with Crippen LogP contribution in [0.5, 0.6) is 11.5 Å². The lowest BCUT2D eigenvalue weighted by molar-refractivity contribution is -0.120. The Morgan fingerprint density at radius 1 is 1.14 bits per heavy atom. The van der Waals surface area contributed by atoms with E-state index in [1.54, 1.807) is 18.2 Å². The van der Waals surface area contributed by atoms with E-state index in [1.807, 2.05) is 31.2 Å². The molecule has 6 nitrogen and oxygen atoms in total. The van der Waals surface area contributed by atoms with Crippen molar-refractivity contribution in [3.8, 4) is 11.5 Å². The fraction of sp³-hybridized carbons (Fsp3) is 0.350. The Morgan fingerprint density at radius 2 is 1.79 bits per heavy atom. The second-order valence-corrected chi connectivity index (χ2v) is 9.40. The van der Waals surface area contributed by atoms with Gasteiger partial charge in [-0.05, 0) is 50.1 Å². The fourth-order valence-electron chi connectivity index (χ4n) is 3.11. The molecule has 0 spiro atoms. The zero-order valence-corrected chi connectivity index (χ0v) is 17.4. The van der Waals surface area contributed by atoms with E-state index in [0.29, 0.717) is 48.1 Å². The van der Waals surface area contributed by atoms with Crippen LogP contribution in [0.2, 0.25) is 5.02 Å². The molecule has 28 heavy (non-hydrogen) atoms. The highest BCUT2D eigenvalue weighted by Crippen LogP contribution is 2.33. The number of nitrogens with zero attached hydrogens (tertiary/aromatic N) is 1. The highest BCUT2D eigenvalue weighted by molar-refractivity contribution is 7.88. The second kappa shape index (κ2) is 8.51. The van der Waals surface area contributed by atoms with Gasteiger partial charge in [-0.25, -0.2) is 12.7 Å². The topological polar surface area (TPSA) is 75.7 Å². The minimum atomic E-state index is -3.22. The van der Waals surface area contributed by atoms with Crippen molar-refractivity contribution < 1.29 is 17.9 Å². The summed E-state index contributed by atoms with van der Waals surface area (Å²) in [6.45, 7) is 2.69. The number of carbonyl (C=O) groups is 1. The Morgan fingerprint density at radius 3 is 2.39 bits per heavy atom. The molecule has 1 amide bonds. The van der Waals surface area contributed by atoms with Gasteiger partial charge in [0.05, 0.1) is 11.9 Å². The number of benzene rings is 2. The Hall–Kier alpha value is -2.09. The molecule has 1 N–H and O–H groups in total. The van der Waals surface area contributed by atoms with Crippen molar-refractivity contribution in [2.45, 2.75) is 19.8 Å². The lowest BCUT2D eigenvalue weighted by atomic mass is 9.97. The average molecular weight is 423 g/mol. The first-order chi connectivity index (χ1) is 13.2. The molecule has 1 aliphatic rings. The number of nitrogens with one attached hydrogen (secondary N) is 1. The maximum Gasteiger partial charge on any atom is 0.227 e. The van der Waals surface area contributed by atoms with Crippen molar-refractivity contribution in [3.63, 3.8) is 0 Å². The van der Waals surface area contributed by atoms with Gasteiger partial charge in [0.1, 0.15) is 5.75 Å². The molecule has 2 aromatic carbocycles. The number of sulfonamides is 1. The highest BCUT2D eigenvalue weighted by atomic mass is 35.5. The molecule has 0 saturated carbocycles. The van der Waals surface area contributed by atoms with Crippen molar-refractivity contribution >= 4 is 33.2 Å². The Bertz CT molecular complexity index is 953. The van der Waals surface area contributed by atoms with Crippen molar-refractivity contribution in [3.05, 3.63) is 53.1 Å². The van der Waals surface area contributed by atoms with Crippen LogP contribution in [0.3, 0.4) is 0 Å². The molecule has 0 radical (unpaired) electrons. The summed E-state index contributed by atoms with van der Waals surface area (Å²) < 4.78 is 30.6. The molecule has 0 bridgehead atoms. The van der Waals surface area contributed by atoms with Crippen molar-refractivity contribution in [1.29, 1.82) is 0 Å². The summed E-state index contributed by atoms with van der Waals surface area (Å²) in [6.07, 6.45) is 2.15. The summed E-state index contributed by atoms with van der Waals surface area (Å²) in [5.74, 6) is 0.730. The van der Waals surface area contributed by atoms with Gasteiger partial charge >= 0.3 is 0 Å². The first-order valence-electron chi connectivity index (χ1n) is 9.02. The van der Waals surface area contributed by atoms with Gasteiger partial charge in [-0.15, -0.1) is 0 Å². The Labute approximate surface area is 170 Å². The summed E-state index contributed by atoms with van der Waals surface area (Å²) in [5, 5.41) is 3.37. The summed E-state index contributed by atoms with van der Waals surface area (Å²) >= 11 is 6.10. The van der Waals surface area contributed by atoms with Gasteiger partial charge in [0.25, 0.3) is 0 Å². The average Bonchev–Trinajstić information content (AvgIpc) is 2.65. The lowest BCUT2D eigenvalue weighted by Gasteiger charge is -2.29. The quantitative estimate of drug-likeness (QED) is 0.788. The number of hydrogen-bond donors (Lipinski definition) is 1. The largest absolute Gasteiger partial charge is 0.455 e. The molecule has 1 heterocycles. The maximum absolute atomic E-state index is 12.7. The van der Waals surface area contributed by atoms with Crippen molar-refractivity contribution in [2.24, 2.45) is 5.92 Å². The normalized spacial score (nSPS) is 16.0. The number of hydrogen-bond acceptors (Lipinski definition) is 4. The van der Waals surface area contributed by atoms with E-state index < -0.39 is 10.0 Å². The van der Waals surface area contributed by atoms with Crippen LogP contribution in [0.15, 0.2) is 42.5 Å². The monoisotopic (exact) mass is 422 g/mol. The Balaban J connectivity index is 1.70. The van der Waals surface area contributed by atoms with Gasteiger partial charge in [0.15, 0.2) is 5.75 Å². The van der Waals surface area contributed by atoms with Crippen LogP contribution in [-0.4, -0.2) is 38.0 Å². The highest BCUT2D eigenvalue weighted by Gasteiger charge is 2.29. The summed E-state index contributed by atoms with van der Waals surface area (Å²) in [6, 6.07) is 12.7. The van der Waals surface area contributed by atoms with Gasteiger partial charge < -0.3 is 10.1 Å². The number of carbonyl (C=O) groups excluding carboxylic acids is 1. The number of ether oxygens (including phenoxy) is 1. The number of amides is 1. The van der Waals surface area contributed by atoms with Crippen molar-refractivity contribution in [1.82, 2.24) is 4.31 Å². The SMILES string of the molecule is Cc1ccc(Oc2ccc(Cl)cc2NC(=O)C2CCN(S(C)(=O)=O)CC2)cc1. The molecular formula is C20H23ClN2O4S. The summed E-state index contributed by atoms with van der Waals surface area (Å²) in [7, 11) is -3.22. The van der Waals surface area contributed by atoms with Gasteiger partial charge in [0, 0.05) is 24.0 Å². The number of rotatable bonds is 5. The number of piperidine rings is 1. The van der Waals surface area contributed by atoms with Crippen LogP contribution in [0.4, 0.5) is 5.69 Å². The molecule has 0 aromatic heterocycles. The smallest absolute Gasteiger partial charge is 0.227 e. The third kappa shape index (κ3) is 5.25. The maximum atomic E-state index is 12.7. The van der Waals surface area contributed by atoms with Crippen LogP contribution in [-0.2, 0) is 14.8 Å². The number of aryl methyl sites for hydroxylation is 1. The molecule has 1 fully saturated rings. The number of anilines is 1. The van der Waals surface area contributed by atoms with E-state index >= 15 is 0 Å². The van der Waals surface area contributed by atoms with E-state index in [-0.39, 0.29) is 11.8 Å². The molecule has 8 heteroatoms. The molecule has 0 aliphatic carbocycles. The van der Waals surface area contributed by atoms with Crippen LogP contribution in [0, 0.1) is 12.8 Å². The van der Waals surface area contributed by atoms with Crippen LogP contribution < -0.4 is 10.1 Å². The lowest BCUT2D eigenvalue weighted by Crippen LogP contribution is -2.40. The van der Waals surface area contributed by atoms with Crippen LogP contribution in [0.1, 0.15) is 18.4 Å². The van der Waals surface area contributed by atoms with Gasteiger partial charge in [0.2, 0.25) is 15.9 Å². The van der Waals surface area contributed by atoms with E-state index in [1.165, 1.54) is 10.6 Å². The summed E-state index contributed by atoms with van der Waals surface area (Å²) in [4.78, 5) is 12.7.